The summed E-state index contributed by atoms with van der Waals surface area (Å²) in [6, 6.07) is 8.31. The van der Waals surface area contributed by atoms with E-state index in [9.17, 15) is 8.78 Å². The first-order valence-electron chi connectivity index (χ1n) is 5.93. The standard InChI is InChI=1S/C15H14ClF2N/c1-9-2-3-11(17)6-10(9)7-15(19)13-5-4-12(18)8-14(13)16/h2-6,8,15H,7,19H2,1H3. The van der Waals surface area contributed by atoms with Gasteiger partial charge in [0.15, 0.2) is 0 Å². The van der Waals surface area contributed by atoms with Crippen LogP contribution in [0, 0.1) is 18.6 Å². The zero-order valence-electron chi connectivity index (χ0n) is 10.5. The van der Waals surface area contributed by atoms with E-state index in [1.807, 2.05) is 6.92 Å². The van der Waals surface area contributed by atoms with Crippen LogP contribution in [0.5, 0.6) is 0 Å². The lowest BCUT2D eigenvalue weighted by Gasteiger charge is -2.15. The highest BCUT2D eigenvalue weighted by Crippen LogP contribution is 2.26. The minimum Gasteiger partial charge on any atom is -0.324 e. The lowest BCUT2D eigenvalue weighted by Crippen LogP contribution is -2.14. The Balaban J connectivity index is 2.25. The Kier molecular flexibility index (Phi) is 4.17. The Morgan fingerprint density at radius 2 is 1.74 bits per heavy atom. The van der Waals surface area contributed by atoms with E-state index in [1.165, 1.54) is 24.3 Å². The molecule has 0 fully saturated rings. The molecule has 0 radical (unpaired) electrons. The van der Waals surface area contributed by atoms with Crippen LogP contribution in [0.25, 0.3) is 0 Å². The van der Waals surface area contributed by atoms with Gasteiger partial charge in [0.2, 0.25) is 0 Å². The largest absolute Gasteiger partial charge is 0.324 e. The molecule has 0 aliphatic carbocycles. The van der Waals surface area contributed by atoms with E-state index in [2.05, 4.69) is 0 Å². The van der Waals surface area contributed by atoms with Crippen molar-refractivity contribution in [1.82, 2.24) is 0 Å². The van der Waals surface area contributed by atoms with E-state index in [0.717, 1.165) is 11.1 Å². The third-order valence-electron chi connectivity index (χ3n) is 3.11. The number of rotatable bonds is 3. The number of halogens is 3. The molecular formula is C15H14ClF2N. The summed E-state index contributed by atoms with van der Waals surface area (Å²) in [4.78, 5) is 0. The lowest BCUT2D eigenvalue weighted by molar-refractivity contribution is 0.619. The summed E-state index contributed by atoms with van der Waals surface area (Å²) in [6.45, 7) is 1.90. The van der Waals surface area contributed by atoms with Gasteiger partial charge in [-0.3, -0.25) is 0 Å². The van der Waals surface area contributed by atoms with E-state index in [-0.39, 0.29) is 5.82 Å². The van der Waals surface area contributed by atoms with E-state index >= 15 is 0 Å². The molecule has 0 aliphatic heterocycles. The zero-order chi connectivity index (χ0) is 14.0. The summed E-state index contributed by atoms with van der Waals surface area (Å²) in [7, 11) is 0. The molecule has 0 spiro atoms. The Bertz CT molecular complexity index is 599. The molecule has 0 aliphatic rings. The monoisotopic (exact) mass is 281 g/mol. The summed E-state index contributed by atoms with van der Waals surface area (Å²) in [5.41, 5.74) is 8.52. The fraction of sp³-hybridized carbons (Fsp3) is 0.200. The molecule has 2 aromatic rings. The number of benzene rings is 2. The molecule has 1 unspecified atom stereocenters. The van der Waals surface area contributed by atoms with Crippen LogP contribution in [0.4, 0.5) is 8.78 Å². The maximum Gasteiger partial charge on any atom is 0.124 e. The van der Waals surface area contributed by atoms with Crippen LogP contribution in [0.2, 0.25) is 5.02 Å². The minimum atomic E-state index is -0.400. The van der Waals surface area contributed by atoms with Crippen LogP contribution in [0.3, 0.4) is 0 Å². The van der Waals surface area contributed by atoms with Gasteiger partial charge in [-0.05, 0) is 54.3 Å². The Labute approximate surface area is 116 Å². The molecule has 100 valence electrons. The van der Waals surface area contributed by atoms with Crippen molar-refractivity contribution in [3.63, 3.8) is 0 Å². The molecule has 1 nitrogen and oxygen atoms in total. The summed E-state index contributed by atoms with van der Waals surface area (Å²) in [5, 5.41) is 0.293. The Morgan fingerprint density at radius 3 is 2.42 bits per heavy atom. The van der Waals surface area contributed by atoms with Gasteiger partial charge in [0, 0.05) is 11.1 Å². The van der Waals surface area contributed by atoms with Crippen molar-refractivity contribution in [1.29, 1.82) is 0 Å². The quantitative estimate of drug-likeness (QED) is 0.898. The minimum absolute atomic E-state index is 0.293. The Hall–Kier alpha value is -1.45. The average Bonchev–Trinajstić information content (AvgIpc) is 2.33. The number of hydrogen-bond donors (Lipinski definition) is 1. The van der Waals surface area contributed by atoms with Gasteiger partial charge in [0.25, 0.3) is 0 Å². The fourth-order valence-corrected chi connectivity index (χ4v) is 2.32. The second kappa shape index (κ2) is 5.68. The molecule has 0 bridgehead atoms. The predicted octanol–water partition coefficient (Wildman–Crippen LogP) is 4.17. The molecule has 0 heterocycles. The Morgan fingerprint density at radius 1 is 1.11 bits per heavy atom. The van der Waals surface area contributed by atoms with E-state index < -0.39 is 11.9 Å². The van der Waals surface area contributed by atoms with Gasteiger partial charge in [-0.25, -0.2) is 8.78 Å². The van der Waals surface area contributed by atoms with Crippen molar-refractivity contribution < 1.29 is 8.78 Å². The smallest absolute Gasteiger partial charge is 0.124 e. The maximum absolute atomic E-state index is 13.2. The highest BCUT2D eigenvalue weighted by Gasteiger charge is 2.13. The van der Waals surface area contributed by atoms with E-state index in [0.29, 0.717) is 17.0 Å². The van der Waals surface area contributed by atoms with E-state index in [1.54, 1.807) is 12.1 Å². The summed E-state index contributed by atoms with van der Waals surface area (Å²) in [6.07, 6.45) is 0.453. The van der Waals surface area contributed by atoms with Gasteiger partial charge in [-0.15, -0.1) is 0 Å². The first kappa shape index (κ1) is 14.0. The molecule has 4 heteroatoms. The molecule has 0 saturated carbocycles. The lowest BCUT2D eigenvalue weighted by atomic mass is 9.96. The van der Waals surface area contributed by atoms with E-state index in [4.69, 9.17) is 17.3 Å². The molecule has 1 atom stereocenters. The molecule has 19 heavy (non-hydrogen) atoms. The van der Waals surface area contributed by atoms with Gasteiger partial charge in [-0.2, -0.15) is 0 Å². The summed E-state index contributed by atoms with van der Waals surface area (Å²) in [5.74, 6) is -0.694. The zero-order valence-corrected chi connectivity index (χ0v) is 11.2. The van der Waals surface area contributed by atoms with Crippen molar-refractivity contribution in [2.24, 2.45) is 5.73 Å². The molecule has 0 saturated heterocycles. The second-order valence-corrected chi connectivity index (χ2v) is 4.95. The normalized spacial score (nSPS) is 12.5. The van der Waals surface area contributed by atoms with Crippen molar-refractivity contribution in [2.45, 2.75) is 19.4 Å². The third kappa shape index (κ3) is 3.31. The third-order valence-corrected chi connectivity index (χ3v) is 3.44. The van der Waals surface area contributed by atoms with Gasteiger partial charge >= 0.3 is 0 Å². The molecule has 2 aromatic carbocycles. The maximum atomic E-state index is 13.2. The fourth-order valence-electron chi connectivity index (χ4n) is 2.01. The van der Waals surface area contributed by atoms with Crippen molar-refractivity contribution >= 4 is 11.6 Å². The van der Waals surface area contributed by atoms with Crippen LogP contribution in [-0.2, 0) is 6.42 Å². The van der Waals surface area contributed by atoms with Gasteiger partial charge < -0.3 is 5.73 Å². The van der Waals surface area contributed by atoms with Crippen molar-refractivity contribution in [2.75, 3.05) is 0 Å². The first-order valence-corrected chi connectivity index (χ1v) is 6.30. The van der Waals surface area contributed by atoms with Crippen LogP contribution in [0.15, 0.2) is 36.4 Å². The van der Waals surface area contributed by atoms with Gasteiger partial charge in [0.05, 0.1) is 0 Å². The molecule has 0 aromatic heterocycles. The summed E-state index contributed by atoms with van der Waals surface area (Å²) >= 11 is 5.97. The van der Waals surface area contributed by atoms with Gasteiger partial charge in [0.1, 0.15) is 11.6 Å². The van der Waals surface area contributed by atoms with Crippen LogP contribution in [-0.4, -0.2) is 0 Å². The highest BCUT2D eigenvalue weighted by atomic mass is 35.5. The van der Waals surface area contributed by atoms with Crippen LogP contribution < -0.4 is 5.73 Å². The van der Waals surface area contributed by atoms with Gasteiger partial charge in [-0.1, -0.05) is 23.7 Å². The van der Waals surface area contributed by atoms with Crippen LogP contribution in [0.1, 0.15) is 22.7 Å². The molecule has 2 rings (SSSR count). The number of nitrogens with two attached hydrogens (primary N) is 1. The molecular weight excluding hydrogens is 268 g/mol. The van der Waals surface area contributed by atoms with Crippen molar-refractivity contribution in [3.8, 4) is 0 Å². The SMILES string of the molecule is Cc1ccc(F)cc1CC(N)c1ccc(F)cc1Cl. The average molecular weight is 282 g/mol. The topological polar surface area (TPSA) is 26.0 Å². The van der Waals surface area contributed by atoms with Crippen molar-refractivity contribution in [3.05, 3.63) is 69.7 Å². The molecule has 2 N–H and O–H groups in total. The number of hydrogen-bond acceptors (Lipinski definition) is 1. The number of aryl methyl sites for hydroxylation is 1. The molecule has 0 amide bonds. The van der Waals surface area contributed by atoms with Crippen LogP contribution >= 0.6 is 11.6 Å². The first-order chi connectivity index (χ1) is 8.97. The summed E-state index contributed by atoms with van der Waals surface area (Å²) < 4.78 is 26.2. The second-order valence-electron chi connectivity index (χ2n) is 4.55. The predicted molar refractivity (Wildman–Crippen MR) is 73.2 cm³/mol. The highest BCUT2D eigenvalue weighted by molar-refractivity contribution is 6.31.